The number of carbonyl (C=O) groups excluding carboxylic acids is 1. The Morgan fingerprint density at radius 3 is 2.33 bits per heavy atom. The van der Waals surface area contributed by atoms with Crippen molar-refractivity contribution >= 4 is 33.2 Å². The zero-order valence-electron chi connectivity index (χ0n) is 10.9. The minimum atomic E-state index is -3.89. The van der Waals surface area contributed by atoms with E-state index in [1.165, 1.54) is 18.2 Å². The monoisotopic (exact) mass is 324 g/mol. The molecule has 0 heterocycles. The number of amides is 1. The first-order chi connectivity index (χ1) is 9.86. The predicted octanol–water partition coefficient (Wildman–Crippen LogP) is 2.17. The molecule has 0 aromatic heterocycles. The van der Waals surface area contributed by atoms with Crippen molar-refractivity contribution in [2.24, 2.45) is 5.14 Å². The van der Waals surface area contributed by atoms with Crippen molar-refractivity contribution in [1.29, 1.82) is 0 Å². The minimum absolute atomic E-state index is 0.107. The summed E-state index contributed by atoms with van der Waals surface area (Å²) >= 11 is 5.77. The summed E-state index contributed by atoms with van der Waals surface area (Å²) in [5.41, 5.74) is 0.934. The van der Waals surface area contributed by atoms with E-state index in [1.807, 2.05) is 0 Å². The predicted molar refractivity (Wildman–Crippen MR) is 81.6 cm³/mol. The van der Waals surface area contributed by atoms with Gasteiger partial charge in [0.25, 0.3) is 0 Å². The van der Waals surface area contributed by atoms with E-state index in [1.54, 1.807) is 30.3 Å². The van der Waals surface area contributed by atoms with E-state index >= 15 is 0 Å². The molecule has 0 unspecified atom stereocenters. The average molecular weight is 325 g/mol. The van der Waals surface area contributed by atoms with Crippen LogP contribution in [0.15, 0.2) is 53.4 Å². The van der Waals surface area contributed by atoms with Gasteiger partial charge in [0, 0.05) is 5.02 Å². The smallest absolute Gasteiger partial charge is 0.240 e. The lowest BCUT2D eigenvalue weighted by atomic mass is 10.1. The van der Waals surface area contributed by atoms with Gasteiger partial charge in [0.2, 0.25) is 15.9 Å². The Labute approximate surface area is 127 Å². The molecule has 0 aliphatic rings. The summed E-state index contributed by atoms with van der Waals surface area (Å²) in [5, 5.41) is 8.24. The van der Waals surface area contributed by atoms with E-state index in [4.69, 9.17) is 16.7 Å². The number of primary sulfonamides is 1. The molecule has 1 amide bonds. The fraction of sp³-hybridized carbons (Fsp3) is 0.0714. The molecule has 0 spiro atoms. The highest BCUT2D eigenvalue weighted by Gasteiger charge is 2.15. The van der Waals surface area contributed by atoms with Crippen LogP contribution >= 0.6 is 11.6 Å². The third kappa shape index (κ3) is 4.29. The van der Waals surface area contributed by atoms with E-state index in [-0.39, 0.29) is 22.9 Å². The maximum atomic E-state index is 12.0. The largest absolute Gasteiger partial charge is 0.325 e. The molecule has 0 saturated heterocycles. The lowest BCUT2D eigenvalue weighted by Gasteiger charge is -2.09. The first-order valence-electron chi connectivity index (χ1n) is 6.02. The Morgan fingerprint density at radius 1 is 1.10 bits per heavy atom. The summed E-state index contributed by atoms with van der Waals surface area (Å²) in [4.78, 5) is 11.8. The molecule has 5 nitrogen and oxygen atoms in total. The topological polar surface area (TPSA) is 89.3 Å². The van der Waals surface area contributed by atoms with Gasteiger partial charge in [0.1, 0.15) is 4.90 Å². The number of sulfonamides is 1. The summed E-state index contributed by atoms with van der Waals surface area (Å²) < 4.78 is 22.9. The van der Waals surface area contributed by atoms with E-state index in [0.29, 0.717) is 5.02 Å². The molecule has 21 heavy (non-hydrogen) atoms. The number of rotatable bonds is 4. The van der Waals surface area contributed by atoms with Crippen LogP contribution in [0.25, 0.3) is 0 Å². The summed E-state index contributed by atoms with van der Waals surface area (Å²) in [6.45, 7) is 0. The Morgan fingerprint density at radius 2 is 1.71 bits per heavy atom. The van der Waals surface area contributed by atoms with Crippen molar-refractivity contribution < 1.29 is 13.2 Å². The second-order valence-corrected chi connectivity index (χ2v) is 6.36. The highest BCUT2D eigenvalue weighted by molar-refractivity contribution is 7.89. The number of benzene rings is 2. The van der Waals surface area contributed by atoms with Gasteiger partial charge in [-0.15, -0.1) is 0 Å². The number of halogens is 1. The van der Waals surface area contributed by atoms with Gasteiger partial charge in [0.15, 0.2) is 0 Å². The normalized spacial score (nSPS) is 11.1. The van der Waals surface area contributed by atoms with Crippen LogP contribution < -0.4 is 10.5 Å². The maximum absolute atomic E-state index is 12.0. The van der Waals surface area contributed by atoms with Crippen molar-refractivity contribution in [2.75, 3.05) is 5.32 Å². The van der Waals surface area contributed by atoms with Gasteiger partial charge in [-0.05, 0) is 29.8 Å². The van der Waals surface area contributed by atoms with Crippen LogP contribution in [0.4, 0.5) is 5.69 Å². The molecular weight excluding hydrogens is 312 g/mol. The van der Waals surface area contributed by atoms with Crippen LogP contribution in [0.1, 0.15) is 5.56 Å². The summed E-state index contributed by atoms with van der Waals surface area (Å²) in [6.07, 6.45) is 0.107. The second-order valence-electron chi connectivity index (χ2n) is 4.39. The van der Waals surface area contributed by atoms with Crippen LogP contribution in [-0.2, 0) is 21.2 Å². The molecule has 0 aliphatic heterocycles. The first-order valence-corrected chi connectivity index (χ1v) is 7.95. The SMILES string of the molecule is NS(=O)(=O)c1ccccc1NC(=O)Cc1ccc(Cl)cc1. The molecule has 2 aromatic rings. The number of nitrogens with one attached hydrogen (secondary N) is 1. The van der Waals surface area contributed by atoms with Gasteiger partial charge in [-0.3, -0.25) is 4.79 Å². The summed E-state index contributed by atoms with van der Waals surface area (Å²) in [6, 6.07) is 12.8. The Hall–Kier alpha value is -1.89. The first kappa shape index (κ1) is 15.5. The van der Waals surface area contributed by atoms with E-state index in [9.17, 15) is 13.2 Å². The standard InChI is InChI=1S/C14H13ClN2O3S/c15-11-7-5-10(6-8-11)9-14(18)17-12-3-1-2-4-13(12)21(16,19)20/h1-8H,9H2,(H,17,18)(H2,16,19,20). The number of nitrogens with two attached hydrogens (primary N) is 1. The molecule has 0 aliphatic carbocycles. The van der Waals surface area contributed by atoms with E-state index < -0.39 is 10.0 Å². The number of carbonyl (C=O) groups is 1. The molecular formula is C14H13ClN2O3S. The van der Waals surface area contributed by atoms with E-state index in [2.05, 4.69) is 5.32 Å². The Kier molecular flexibility index (Phi) is 4.62. The molecule has 0 radical (unpaired) electrons. The highest BCUT2D eigenvalue weighted by Crippen LogP contribution is 2.19. The molecule has 2 aromatic carbocycles. The molecule has 110 valence electrons. The molecule has 0 saturated carbocycles. The van der Waals surface area contributed by atoms with Gasteiger partial charge < -0.3 is 5.32 Å². The Balaban J connectivity index is 2.15. The van der Waals surface area contributed by atoms with Gasteiger partial charge in [-0.1, -0.05) is 35.9 Å². The number of hydrogen-bond donors (Lipinski definition) is 2. The van der Waals surface area contributed by atoms with Crippen molar-refractivity contribution in [1.82, 2.24) is 0 Å². The van der Waals surface area contributed by atoms with Gasteiger partial charge in [-0.2, -0.15) is 0 Å². The minimum Gasteiger partial charge on any atom is -0.325 e. The van der Waals surface area contributed by atoms with Crippen molar-refractivity contribution in [2.45, 2.75) is 11.3 Å². The van der Waals surface area contributed by atoms with Crippen LogP contribution in [0.5, 0.6) is 0 Å². The molecule has 7 heteroatoms. The molecule has 0 atom stereocenters. The third-order valence-corrected chi connectivity index (χ3v) is 3.97. The lowest BCUT2D eigenvalue weighted by Crippen LogP contribution is -2.19. The van der Waals surface area contributed by atoms with Crippen LogP contribution in [0.3, 0.4) is 0 Å². The number of anilines is 1. The summed E-state index contributed by atoms with van der Waals surface area (Å²) in [5.74, 6) is -0.339. The molecule has 3 N–H and O–H groups in total. The zero-order chi connectivity index (χ0) is 15.5. The maximum Gasteiger partial charge on any atom is 0.240 e. The Bertz CT molecular complexity index is 758. The van der Waals surface area contributed by atoms with Crippen LogP contribution in [0.2, 0.25) is 5.02 Å². The number of hydrogen-bond acceptors (Lipinski definition) is 3. The lowest BCUT2D eigenvalue weighted by molar-refractivity contribution is -0.115. The average Bonchev–Trinajstić information content (AvgIpc) is 2.41. The van der Waals surface area contributed by atoms with Crippen molar-refractivity contribution in [3.63, 3.8) is 0 Å². The van der Waals surface area contributed by atoms with E-state index in [0.717, 1.165) is 5.56 Å². The van der Waals surface area contributed by atoms with Crippen molar-refractivity contribution in [3.05, 3.63) is 59.1 Å². The third-order valence-electron chi connectivity index (χ3n) is 2.75. The highest BCUT2D eigenvalue weighted by atomic mass is 35.5. The second kappa shape index (κ2) is 6.26. The molecule has 0 fully saturated rings. The van der Waals surface area contributed by atoms with Gasteiger partial charge >= 0.3 is 0 Å². The molecule has 0 bridgehead atoms. The fourth-order valence-corrected chi connectivity index (χ4v) is 2.62. The van der Waals surface area contributed by atoms with Gasteiger partial charge in [0.05, 0.1) is 12.1 Å². The van der Waals surface area contributed by atoms with Crippen LogP contribution in [-0.4, -0.2) is 14.3 Å². The molecule has 2 rings (SSSR count). The number of para-hydroxylation sites is 1. The van der Waals surface area contributed by atoms with Crippen LogP contribution in [0, 0.1) is 0 Å². The zero-order valence-corrected chi connectivity index (χ0v) is 12.5. The van der Waals surface area contributed by atoms with Crippen molar-refractivity contribution in [3.8, 4) is 0 Å². The fourth-order valence-electron chi connectivity index (χ4n) is 1.80. The van der Waals surface area contributed by atoms with Gasteiger partial charge in [-0.25, -0.2) is 13.6 Å². The quantitative estimate of drug-likeness (QED) is 0.903. The summed E-state index contributed by atoms with van der Waals surface area (Å²) in [7, 11) is -3.89.